The van der Waals surface area contributed by atoms with Crippen molar-refractivity contribution in [3.05, 3.63) is 0 Å². The highest BCUT2D eigenvalue weighted by atomic mass is 35.5. The molecule has 1 aliphatic rings. The van der Waals surface area contributed by atoms with Gasteiger partial charge in [0.25, 0.3) is 0 Å². The van der Waals surface area contributed by atoms with Crippen LogP contribution in [0.15, 0.2) is 0 Å². The van der Waals surface area contributed by atoms with E-state index in [-0.39, 0.29) is 37.2 Å². The summed E-state index contributed by atoms with van der Waals surface area (Å²) in [4.78, 5) is 0. The molecule has 0 aromatic carbocycles. The lowest BCUT2D eigenvalue weighted by Crippen LogP contribution is -2.46. The number of halogens is 3. The molecule has 1 aliphatic heterocycles. The van der Waals surface area contributed by atoms with Gasteiger partial charge in [0.05, 0.1) is 0 Å². The molecule has 0 spiro atoms. The molecule has 1 rings (SSSR count). The van der Waals surface area contributed by atoms with E-state index in [2.05, 4.69) is 50.6 Å². The topological polar surface area (TPSA) is 36.1 Å². The maximum absolute atomic E-state index is 3.32. The highest BCUT2D eigenvalue weighted by molar-refractivity contribution is 5.86. The largest absolute Gasteiger partial charge is 0.314 e. The number of hydrogen-bond acceptors (Lipinski definition) is 3. The fourth-order valence-electron chi connectivity index (χ4n) is 1.46. The Balaban J connectivity index is -0.0000000845. The maximum atomic E-state index is 3.32. The van der Waals surface area contributed by atoms with Crippen molar-refractivity contribution < 1.29 is 0 Å². The lowest BCUT2D eigenvalue weighted by atomic mass is 10.3. The fraction of sp³-hybridized carbons (Fsp3) is 1.00. The number of rotatable bonds is 2. The number of nitrogens with one attached hydrogen (secondary N) is 3. The van der Waals surface area contributed by atoms with Crippen molar-refractivity contribution >= 4 is 37.2 Å². The summed E-state index contributed by atoms with van der Waals surface area (Å²) in [5.41, 5.74) is 0. The fourth-order valence-corrected chi connectivity index (χ4v) is 1.46. The monoisotopic (exact) mass is 309 g/mol. The van der Waals surface area contributed by atoms with Gasteiger partial charge in [-0.1, -0.05) is 27.7 Å². The molecule has 3 N–H and O–H groups in total. The molecule has 3 nitrogen and oxygen atoms in total. The Kier molecular flexibility index (Phi) is 26.0. The van der Waals surface area contributed by atoms with Crippen molar-refractivity contribution in [2.45, 2.75) is 52.7 Å². The molecule has 0 aliphatic carbocycles. The van der Waals surface area contributed by atoms with Crippen LogP contribution in [0.5, 0.6) is 0 Å². The Morgan fingerprint density at radius 2 is 1.41 bits per heavy atom. The normalized spacial score (nSPS) is 18.2. The Hall–Kier alpha value is 0.750. The lowest BCUT2D eigenvalue weighted by Gasteiger charge is -2.19. The van der Waals surface area contributed by atoms with Crippen LogP contribution >= 0.6 is 37.2 Å². The van der Waals surface area contributed by atoms with Crippen LogP contribution in [-0.4, -0.2) is 37.8 Å². The van der Waals surface area contributed by atoms with E-state index in [1.807, 2.05) is 0 Å². The van der Waals surface area contributed by atoms with Crippen molar-refractivity contribution in [2.24, 2.45) is 0 Å². The number of piperazine rings is 1. The summed E-state index contributed by atoms with van der Waals surface area (Å²) >= 11 is 0. The molecule has 0 aromatic rings. The van der Waals surface area contributed by atoms with E-state index >= 15 is 0 Å². The molecule has 1 atom stereocenters. The molecule has 1 unspecified atom stereocenters. The van der Waals surface area contributed by atoms with E-state index in [0.717, 1.165) is 19.6 Å². The van der Waals surface area contributed by atoms with E-state index in [1.54, 1.807) is 0 Å². The van der Waals surface area contributed by atoms with Crippen LogP contribution in [0.25, 0.3) is 0 Å². The predicted octanol–water partition coefficient (Wildman–Crippen LogP) is 2.23. The Morgan fingerprint density at radius 3 is 1.53 bits per heavy atom. The molecular formula is C11H30Cl3N3. The summed E-state index contributed by atoms with van der Waals surface area (Å²) in [6.07, 6.45) is 0. The Labute approximate surface area is 125 Å². The Bertz CT molecular complexity index is 123. The standard InChI is InChI=1S/C6H15N.C5H12N2.3ClH/c1-5(2)7-6(3)4;1-5-4-6-2-3-7-5;;;/h5-7H,1-4H3;5-7H,2-4H2,1H3;3*1H. The maximum Gasteiger partial charge on any atom is 0.0164 e. The molecule has 0 aromatic heterocycles. The van der Waals surface area contributed by atoms with Gasteiger partial charge in [0, 0.05) is 37.8 Å². The molecule has 0 radical (unpaired) electrons. The SMILES string of the molecule is CC(C)NC(C)C.CC1CNCCN1.Cl.Cl.Cl. The zero-order valence-electron chi connectivity index (χ0n) is 11.6. The minimum absolute atomic E-state index is 0. The molecule has 6 heteroatoms. The molecule has 0 bridgehead atoms. The van der Waals surface area contributed by atoms with Gasteiger partial charge in [-0.05, 0) is 6.92 Å². The van der Waals surface area contributed by atoms with Crippen LogP contribution in [-0.2, 0) is 0 Å². The van der Waals surface area contributed by atoms with E-state index in [1.165, 1.54) is 0 Å². The van der Waals surface area contributed by atoms with Crippen LogP contribution in [0.2, 0.25) is 0 Å². The first-order valence-corrected chi connectivity index (χ1v) is 5.72. The van der Waals surface area contributed by atoms with Gasteiger partial charge >= 0.3 is 0 Å². The second-order valence-corrected chi connectivity index (χ2v) is 4.54. The van der Waals surface area contributed by atoms with Gasteiger partial charge in [0.1, 0.15) is 0 Å². The van der Waals surface area contributed by atoms with Crippen molar-refractivity contribution in [1.82, 2.24) is 16.0 Å². The molecule has 17 heavy (non-hydrogen) atoms. The average Bonchev–Trinajstić information content (AvgIpc) is 2.03. The van der Waals surface area contributed by atoms with Crippen LogP contribution in [0.1, 0.15) is 34.6 Å². The van der Waals surface area contributed by atoms with Gasteiger partial charge in [-0.2, -0.15) is 0 Å². The van der Waals surface area contributed by atoms with E-state index in [0.29, 0.717) is 18.1 Å². The Morgan fingerprint density at radius 1 is 0.941 bits per heavy atom. The molecular weight excluding hydrogens is 281 g/mol. The van der Waals surface area contributed by atoms with Crippen molar-refractivity contribution in [1.29, 1.82) is 0 Å². The summed E-state index contributed by atoms with van der Waals surface area (Å²) in [6.45, 7) is 14.2. The minimum atomic E-state index is 0. The number of hydrogen-bond donors (Lipinski definition) is 3. The van der Waals surface area contributed by atoms with Crippen LogP contribution in [0, 0.1) is 0 Å². The van der Waals surface area contributed by atoms with Crippen LogP contribution in [0.3, 0.4) is 0 Å². The molecule has 110 valence electrons. The first-order valence-electron chi connectivity index (χ1n) is 5.72. The lowest BCUT2D eigenvalue weighted by molar-refractivity contribution is 0.442. The van der Waals surface area contributed by atoms with Gasteiger partial charge in [0.15, 0.2) is 0 Å². The zero-order chi connectivity index (χ0) is 11.0. The van der Waals surface area contributed by atoms with E-state index in [9.17, 15) is 0 Å². The third-order valence-corrected chi connectivity index (χ3v) is 1.91. The van der Waals surface area contributed by atoms with Gasteiger partial charge in [0.2, 0.25) is 0 Å². The van der Waals surface area contributed by atoms with Gasteiger partial charge < -0.3 is 16.0 Å². The van der Waals surface area contributed by atoms with E-state index < -0.39 is 0 Å². The van der Waals surface area contributed by atoms with Crippen LogP contribution in [0.4, 0.5) is 0 Å². The van der Waals surface area contributed by atoms with E-state index in [4.69, 9.17) is 0 Å². The summed E-state index contributed by atoms with van der Waals surface area (Å²) in [5.74, 6) is 0. The molecule has 1 heterocycles. The molecule has 0 amide bonds. The third kappa shape index (κ3) is 22.4. The smallest absolute Gasteiger partial charge is 0.0164 e. The van der Waals surface area contributed by atoms with Crippen molar-refractivity contribution in [3.63, 3.8) is 0 Å². The van der Waals surface area contributed by atoms with Gasteiger partial charge in [-0.3, -0.25) is 0 Å². The van der Waals surface area contributed by atoms with Crippen molar-refractivity contribution in [3.8, 4) is 0 Å². The first kappa shape index (κ1) is 26.3. The summed E-state index contributed by atoms with van der Waals surface area (Å²) in [5, 5.41) is 9.90. The average molecular weight is 311 g/mol. The third-order valence-electron chi connectivity index (χ3n) is 1.91. The summed E-state index contributed by atoms with van der Waals surface area (Å²) in [7, 11) is 0. The second kappa shape index (κ2) is 16.8. The van der Waals surface area contributed by atoms with Crippen molar-refractivity contribution in [2.75, 3.05) is 19.6 Å². The highest BCUT2D eigenvalue weighted by Crippen LogP contribution is 1.81. The first-order chi connectivity index (χ1) is 6.52. The summed E-state index contributed by atoms with van der Waals surface area (Å²) < 4.78 is 0. The van der Waals surface area contributed by atoms with Gasteiger partial charge in [-0.25, -0.2) is 0 Å². The second-order valence-electron chi connectivity index (χ2n) is 4.54. The predicted molar refractivity (Wildman–Crippen MR) is 85.5 cm³/mol. The van der Waals surface area contributed by atoms with Gasteiger partial charge in [-0.15, -0.1) is 37.2 Å². The zero-order valence-corrected chi connectivity index (χ0v) is 14.0. The molecule has 0 saturated carbocycles. The molecule has 1 saturated heterocycles. The summed E-state index contributed by atoms with van der Waals surface area (Å²) in [6, 6.07) is 1.92. The highest BCUT2D eigenvalue weighted by Gasteiger charge is 2.03. The minimum Gasteiger partial charge on any atom is -0.314 e. The molecule has 1 fully saturated rings. The van der Waals surface area contributed by atoms with Crippen LogP contribution < -0.4 is 16.0 Å². The quantitative estimate of drug-likeness (QED) is 0.732.